The van der Waals surface area contributed by atoms with Crippen molar-refractivity contribution in [2.75, 3.05) is 0 Å². The van der Waals surface area contributed by atoms with Gasteiger partial charge in [0.15, 0.2) is 0 Å². The van der Waals surface area contributed by atoms with E-state index in [0.717, 1.165) is 6.42 Å². The van der Waals surface area contributed by atoms with Crippen LogP contribution in [0, 0.1) is 11.2 Å². The lowest BCUT2D eigenvalue weighted by Gasteiger charge is -2.48. The molecule has 0 saturated heterocycles. The van der Waals surface area contributed by atoms with Gasteiger partial charge in [0.1, 0.15) is 5.82 Å². The summed E-state index contributed by atoms with van der Waals surface area (Å²) in [5.41, 5.74) is 0.780. The van der Waals surface area contributed by atoms with Crippen LogP contribution in [0.4, 0.5) is 4.39 Å². The number of hydrogen-bond donors (Lipinski definition) is 0. The summed E-state index contributed by atoms with van der Waals surface area (Å²) in [6.45, 7) is 4.70. The number of hydrogen-bond acceptors (Lipinski definition) is 1. The van der Waals surface area contributed by atoms with Gasteiger partial charge in [-0.1, -0.05) is 48.0 Å². The molecule has 1 nitrogen and oxygen atoms in total. The van der Waals surface area contributed by atoms with Gasteiger partial charge in [0.2, 0.25) is 0 Å². The lowest BCUT2D eigenvalue weighted by molar-refractivity contribution is -0.0938. The zero-order valence-electron chi connectivity index (χ0n) is 9.54. The molecule has 1 aliphatic carbocycles. The molecule has 3 heteroatoms. The predicted octanol–water partition coefficient (Wildman–Crippen LogP) is 3.90. The van der Waals surface area contributed by atoms with Crippen LogP contribution < -0.4 is 0 Å². The Balaban J connectivity index is 1.92. The normalized spacial score (nSPS) is 27.5. The number of alkyl halides is 1. The Hall–Kier alpha value is -0.410. The molecule has 0 heterocycles. The Morgan fingerprint density at radius 1 is 1.44 bits per heavy atom. The van der Waals surface area contributed by atoms with Crippen molar-refractivity contribution in [2.45, 2.75) is 37.8 Å². The molecule has 0 N–H and O–H groups in total. The summed E-state index contributed by atoms with van der Waals surface area (Å²) >= 11 is 3.61. The summed E-state index contributed by atoms with van der Waals surface area (Å²) in [5.74, 6) is -0.185. The van der Waals surface area contributed by atoms with E-state index in [1.165, 1.54) is 6.07 Å². The van der Waals surface area contributed by atoms with Crippen LogP contribution in [0.15, 0.2) is 24.3 Å². The third-order valence-corrected chi connectivity index (χ3v) is 5.01. The van der Waals surface area contributed by atoms with Crippen molar-refractivity contribution in [3.05, 3.63) is 35.6 Å². The molecule has 2 atom stereocenters. The van der Waals surface area contributed by atoms with E-state index in [2.05, 4.69) is 29.8 Å². The summed E-state index contributed by atoms with van der Waals surface area (Å²) in [6, 6.07) is 6.77. The third-order valence-electron chi connectivity index (χ3n) is 3.46. The first-order valence-electron chi connectivity index (χ1n) is 5.51. The topological polar surface area (TPSA) is 9.23 Å². The van der Waals surface area contributed by atoms with Gasteiger partial charge < -0.3 is 4.74 Å². The van der Waals surface area contributed by atoms with Gasteiger partial charge in [-0.3, -0.25) is 0 Å². The third kappa shape index (κ3) is 2.16. The minimum absolute atomic E-state index is 0.144. The van der Waals surface area contributed by atoms with Gasteiger partial charge in [-0.05, 0) is 12.5 Å². The van der Waals surface area contributed by atoms with Crippen LogP contribution in [-0.4, -0.2) is 10.9 Å². The van der Waals surface area contributed by atoms with E-state index in [4.69, 9.17) is 4.74 Å². The maximum Gasteiger partial charge on any atom is 0.128 e. The van der Waals surface area contributed by atoms with Crippen LogP contribution >= 0.6 is 15.9 Å². The summed E-state index contributed by atoms with van der Waals surface area (Å²) in [4.78, 5) is 0.505. The highest BCUT2D eigenvalue weighted by Gasteiger charge is 2.47. The van der Waals surface area contributed by atoms with Crippen LogP contribution in [0.5, 0.6) is 0 Å². The standard InChI is InChI=1S/C13H16BrFO/c1-13(2)11(14)7-12(13)16-8-9-5-3-4-6-10(9)15/h3-6,11-12H,7-8H2,1-2H3. The number of ether oxygens (including phenoxy) is 1. The zero-order valence-corrected chi connectivity index (χ0v) is 11.1. The Morgan fingerprint density at radius 3 is 2.69 bits per heavy atom. The summed E-state index contributed by atoms with van der Waals surface area (Å²) in [6.07, 6.45) is 1.22. The molecule has 1 saturated carbocycles. The van der Waals surface area contributed by atoms with Crippen LogP contribution in [0.1, 0.15) is 25.8 Å². The second-order valence-corrected chi connectivity index (χ2v) is 6.02. The molecule has 0 aliphatic heterocycles. The Kier molecular flexibility index (Phi) is 3.36. The van der Waals surface area contributed by atoms with Gasteiger partial charge in [-0.25, -0.2) is 4.39 Å². The summed E-state index contributed by atoms with van der Waals surface area (Å²) < 4.78 is 19.1. The maximum atomic E-state index is 13.3. The highest BCUT2D eigenvalue weighted by molar-refractivity contribution is 9.09. The minimum atomic E-state index is -0.185. The molecule has 16 heavy (non-hydrogen) atoms. The van der Waals surface area contributed by atoms with Crippen LogP contribution in [-0.2, 0) is 11.3 Å². The second kappa shape index (κ2) is 4.46. The summed E-state index contributed by atoms with van der Waals surface area (Å²) in [5, 5.41) is 0. The SMILES string of the molecule is CC1(C)C(Br)CC1OCc1ccccc1F. The Bertz CT molecular complexity index is 378. The van der Waals surface area contributed by atoms with E-state index in [9.17, 15) is 4.39 Å². The highest BCUT2D eigenvalue weighted by Crippen LogP contribution is 2.47. The lowest BCUT2D eigenvalue weighted by Crippen LogP contribution is -2.51. The van der Waals surface area contributed by atoms with Crippen molar-refractivity contribution in [2.24, 2.45) is 5.41 Å². The smallest absolute Gasteiger partial charge is 0.128 e. The molecule has 2 rings (SSSR count). The second-order valence-electron chi connectivity index (χ2n) is 4.92. The number of benzene rings is 1. The molecule has 1 aliphatic rings. The number of rotatable bonds is 3. The average Bonchev–Trinajstić information content (AvgIpc) is 2.26. The number of halogens is 2. The van der Waals surface area contributed by atoms with Crippen molar-refractivity contribution in [1.29, 1.82) is 0 Å². The highest BCUT2D eigenvalue weighted by atomic mass is 79.9. The fraction of sp³-hybridized carbons (Fsp3) is 0.538. The first-order chi connectivity index (χ1) is 7.51. The van der Waals surface area contributed by atoms with Gasteiger partial charge in [-0.2, -0.15) is 0 Å². The van der Waals surface area contributed by atoms with Crippen LogP contribution in [0.2, 0.25) is 0 Å². The van der Waals surface area contributed by atoms with Gasteiger partial charge in [0.25, 0.3) is 0 Å². The molecule has 88 valence electrons. The van der Waals surface area contributed by atoms with E-state index < -0.39 is 0 Å². The van der Waals surface area contributed by atoms with E-state index in [-0.39, 0.29) is 17.3 Å². The molecule has 2 unspecified atom stereocenters. The molecule has 0 spiro atoms. The first-order valence-corrected chi connectivity index (χ1v) is 6.42. The van der Waals surface area contributed by atoms with Gasteiger partial charge in [-0.15, -0.1) is 0 Å². The monoisotopic (exact) mass is 286 g/mol. The fourth-order valence-corrected chi connectivity index (χ4v) is 2.56. The van der Waals surface area contributed by atoms with Gasteiger partial charge >= 0.3 is 0 Å². The molecule has 0 aromatic heterocycles. The Labute approximate surface area is 104 Å². The van der Waals surface area contributed by atoms with Crippen molar-refractivity contribution in [3.8, 4) is 0 Å². The van der Waals surface area contributed by atoms with E-state index in [0.29, 0.717) is 17.0 Å². The molecule has 0 bridgehead atoms. The van der Waals surface area contributed by atoms with E-state index >= 15 is 0 Å². The predicted molar refractivity (Wildman–Crippen MR) is 66.1 cm³/mol. The largest absolute Gasteiger partial charge is 0.373 e. The molecule has 0 radical (unpaired) electrons. The van der Waals surface area contributed by atoms with Crippen molar-refractivity contribution in [1.82, 2.24) is 0 Å². The molecule has 1 aromatic rings. The van der Waals surface area contributed by atoms with Crippen molar-refractivity contribution in [3.63, 3.8) is 0 Å². The quantitative estimate of drug-likeness (QED) is 0.766. The molecule has 1 fully saturated rings. The summed E-state index contributed by atoms with van der Waals surface area (Å²) in [7, 11) is 0. The molecular weight excluding hydrogens is 271 g/mol. The van der Waals surface area contributed by atoms with Crippen molar-refractivity contribution < 1.29 is 9.13 Å². The van der Waals surface area contributed by atoms with Crippen molar-refractivity contribution >= 4 is 15.9 Å². The Morgan fingerprint density at radius 2 is 2.12 bits per heavy atom. The minimum Gasteiger partial charge on any atom is -0.373 e. The molecule has 1 aromatic carbocycles. The zero-order chi connectivity index (χ0) is 11.8. The lowest BCUT2D eigenvalue weighted by atomic mass is 9.69. The first kappa shape index (κ1) is 12.1. The van der Waals surface area contributed by atoms with Gasteiger partial charge in [0.05, 0.1) is 12.7 Å². The van der Waals surface area contributed by atoms with Gasteiger partial charge in [0, 0.05) is 15.8 Å². The van der Waals surface area contributed by atoms with Crippen LogP contribution in [0.25, 0.3) is 0 Å². The average molecular weight is 287 g/mol. The van der Waals surface area contributed by atoms with E-state index in [1.807, 2.05) is 6.07 Å². The van der Waals surface area contributed by atoms with Crippen LogP contribution in [0.3, 0.4) is 0 Å². The fourth-order valence-electron chi connectivity index (χ4n) is 1.93. The molecule has 0 amide bonds. The maximum absolute atomic E-state index is 13.3. The van der Waals surface area contributed by atoms with E-state index in [1.54, 1.807) is 12.1 Å². The molecular formula is C13H16BrFO.